The Labute approximate surface area is 107 Å². The molecule has 0 aromatic rings. The number of carbonyl (C=O) groups is 2. The molecular formula is C11H24N4O3. The van der Waals surface area contributed by atoms with E-state index in [1.807, 2.05) is 0 Å². The summed E-state index contributed by atoms with van der Waals surface area (Å²) in [4.78, 5) is 22.9. The summed E-state index contributed by atoms with van der Waals surface area (Å²) in [5.74, 6) is -1.53. The lowest BCUT2D eigenvalue weighted by molar-refractivity contribution is -0.139. The van der Waals surface area contributed by atoms with Gasteiger partial charge in [-0.15, -0.1) is 0 Å². The number of hydrogen-bond acceptors (Lipinski definition) is 5. The second-order valence-electron chi connectivity index (χ2n) is 4.16. The minimum Gasteiger partial charge on any atom is -0.481 e. The monoisotopic (exact) mass is 260 g/mol. The lowest BCUT2D eigenvalue weighted by Gasteiger charge is -2.11. The summed E-state index contributed by atoms with van der Waals surface area (Å²) in [5, 5.41) is 10.4. The smallest absolute Gasteiger partial charge is 0.305 e. The molecule has 0 spiro atoms. The molecule has 0 aromatic carbocycles. The number of nitrogens with one attached hydrogen (secondary N) is 1. The highest BCUT2D eigenvalue weighted by Gasteiger charge is 2.14. The molecule has 7 heteroatoms. The molecule has 0 saturated carbocycles. The molecule has 1 fully saturated rings. The molecular weight excluding hydrogens is 236 g/mol. The highest BCUT2D eigenvalue weighted by Crippen LogP contribution is 2.04. The third-order valence-electron chi connectivity index (χ3n) is 2.62. The molecule has 1 saturated heterocycles. The molecule has 1 rings (SSSR count). The van der Waals surface area contributed by atoms with Crippen molar-refractivity contribution in [1.82, 2.24) is 10.2 Å². The number of carboxylic acids is 1. The normalized spacial score (nSPS) is 16.6. The van der Waals surface area contributed by atoms with Gasteiger partial charge in [0.25, 0.3) is 0 Å². The Morgan fingerprint density at radius 1 is 1.39 bits per heavy atom. The van der Waals surface area contributed by atoms with Crippen LogP contribution in [0.25, 0.3) is 0 Å². The number of likely N-dealkylation sites (N-methyl/N-ethyl adjacent to an activating group) is 1. The van der Waals surface area contributed by atoms with Gasteiger partial charge < -0.3 is 26.8 Å². The van der Waals surface area contributed by atoms with Gasteiger partial charge in [0.05, 0.1) is 12.5 Å². The number of amides is 1. The zero-order chi connectivity index (χ0) is 14.0. The van der Waals surface area contributed by atoms with E-state index in [-0.39, 0.29) is 6.42 Å². The fourth-order valence-electron chi connectivity index (χ4n) is 1.66. The average molecular weight is 260 g/mol. The number of carbonyl (C=O) groups excluding carboxylic acids is 1. The topological polar surface area (TPSA) is 122 Å². The first kappa shape index (κ1) is 16.8. The minimum absolute atomic E-state index is 0.334. The number of nitrogens with two attached hydrogens (primary N) is 2. The Hall–Kier alpha value is -1.18. The van der Waals surface area contributed by atoms with Gasteiger partial charge in [0.15, 0.2) is 0 Å². The Kier molecular flexibility index (Phi) is 9.17. The summed E-state index contributed by atoms with van der Waals surface area (Å²) in [6.07, 6.45) is 2.42. The summed E-state index contributed by atoms with van der Waals surface area (Å²) in [5.41, 5.74) is 10.5. The third-order valence-corrected chi connectivity index (χ3v) is 2.62. The molecule has 6 N–H and O–H groups in total. The number of hydrogen-bond donors (Lipinski definition) is 4. The van der Waals surface area contributed by atoms with E-state index in [1.165, 1.54) is 33.0 Å². The van der Waals surface area contributed by atoms with Crippen LogP contribution in [-0.2, 0) is 9.59 Å². The Balaban J connectivity index is 0.000000327. The number of rotatable bonds is 5. The van der Waals surface area contributed by atoms with E-state index < -0.39 is 17.9 Å². The lowest BCUT2D eigenvalue weighted by atomic mass is 10.2. The van der Waals surface area contributed by atoms with Crippen molar-refractivity contribution in [2.24, 2.45) is 11.5 Å². The Morgan fingerprint density at radius 2 is 1.94 bits per heavy atom. The van der Waals surface area contributed by atoms with Crippen molar-refractivity contribution in [3.05, 3.63) is 0 Å². The van der Waals surface area contributed by atoms with Crippen LogP contribution in [0, 0.1) is 0 Å². The second kappa shape index (κ2) is 9.81. The molecule has 7 nitrogen and oxygen atoms in total. The quantitative estimate of drug-likeness (QED) is 0.481. The number of carboxylic acid groups (broad SMARTS) is 1. The maximum absolute atomic E-state index is 10.5. The number of aliphatic carboxylic acids is 1. The van der Waals surface area contributed by atoms with Crippen LogP contribution in [-0.4, -0.2) is 61.2 Å². The first-order valence-electron chi connectivity index (χ1n) is 6.12. The van der Waals surface area contributed by atoms with Crippen LogP contribution in [0.4, 0.5) is 0 Å². The Morgan fingerprint density at radius 3 is 2.33 bits per heavy atom. The summed E-state index contributed by atoms with van der Waals surface area (Å²) >= 11 is 0. The van der Waals surface area contributed by atoms with Gasteiger partial charge in [-0.05, 0) is 25.9 Å². The van der Waals surface area contributed by atoms with Crippen LogP contribution in [0.5, 0.6) is 0 Å². The minimum atomic E-state index is -1.07. The molecule has 1 aliphatic heterocycles. The molecule has 1 aliphatic rings. The van der Waals surface area contributed by atoms with Crippen LogP contribution in [0.3, 0.4) is 0 Å². The molecule has 1 amide bonds. The standard InChI is InChI=1S/C6H14N2.C5H10N2O3/c7-3-6-8-4-1-2-5-8;1-7-5(10)3(6)2-4(8)9/h1-7H2;3H,2,6H2,1H3,(H,7,10)(H,8,9)/t;3-/m.0/s1. The van der Waals surface area contributed by atoms with Gasteiger partial charge in [-0.25, -0.2) is 0 Å². The van der Waals surface area contributed by atoms with Gasteiger partial charge in [0.1, 0.15) is 0 Å². The van der Waals surface area contributed by atoms with E-state index in [1.54, 1.807) is 0 Å². The molecule has 106 valence electrons. The molecule has 0 radical (unpaired) electrons. The molecule has 0 aliphatic carbocycles. The predicted molar refractivity (Wildman–Crippen MR) is 69.0 cm³/mol. The van der Waals surface area contributed by atoms with Crippen LogP contribution >= 0.6 is 0 Å². The zero-order valence-corrected chi connectivity index (χ0v) is 10.9. The first-order valence-corrected chi connectivity index (χ1v) is 6.12. The predicted octanol–water partition coefficient (Wildman–Crippen LogP) is -1.42. The van der Waals surface area contributed by atoms with E-state index >= 15 is 0 Å². The highest BCUT2D eigenvalue weighted by molar-refractivity contribution is 5.85. The maximum Gasteiger partial charge on any atom is 0.305 e. The van der Waals surface area contributed by atoms with Crippen molar-refractivity contribution in [2.45, 2.75) is 25.3 Å². The molecule has 0 aromatic heterocycles. The van der Waals surface area contributed by atoms with E-state index in [2.05, 4.69) is 10.2 Å². The van der Waals surface area contributed by atoms with Crippen LogP contribution in [0.1, 0.15) is 19.3 Å². The molecule has 18 heavy (non-hydrogen) atoms. The fourth-order valence-corrected chi connectivity index (χ4v) is 1.66. The summed E-state index contributed by atoms with van der Waals surface area (Å²) in [6.45, 7) is 4.47. The second-order valence-corrected chi connectivity index (χ2v) is 4.16. The number of likely N-dealkylation sites (tertiary alicyclic amines) is 1. The van der Waals surface area contributed by atoms with Crippen LogP contribution in [0.15, 0.2) is 0 Å². The van der Waals surface area contributed by atoms with E-state index in [9.17, 15) is 9.59 Å². The van der Waals surface area contributed by atoms with Gasteiger partial charge in [-0.2, -0.15) is 0 Å². The molecule has 0 bridgehead atoms. The number of nitrogens with zero attached hydrogens (tertiary/aromatic N) is 1. The van der Waals surface area contributed by atoms with E-state index in [0.717, 1.165) is 13.1 Å². The third kappa shape index (κ3) is 7.99. The van der Waals surface area contributed by atoms with Gasteiger partial charge in [0.2, 0.25) is 5.91 Å². The zero-order valence-electron chi connectivity index (χ0n) is 10.9. The summed E-state index contributed by atoms with van der Waals surface area (Å²) in [7, 11) is 1.41. The van der Waals surface area contributed by atoms with Crippen molar-refractivity contribution in [3.63, 3.8) is 0 Å². The van der Waals surface area contributed by atoms with Gasteiger partial charge in [0, 0.05) is 20.1 Å². The highest BCUT2D eigenvalue weighted by atomic mass is 16.4. The van der Waals surface area contributed by atoms with E-state index in [0.29, 0.717) is 0 Å². The Bertz CT molecular complexity index is 255. The van der Waals surface area contributed by atoms with Crippen molar-refractivity contribution in [2.75, 3.05) is 33.2 Å². The fraction of sp³-hybridized carbons (Fsp3) is 0.818. The van der Waals surface area contributed by atoms with Crippen molar-refractivity contribution >= 4 is 11.9 Å². The largest absolute Gasteiger partial charge is 0.481 e. The van der Waals surface area contributed by atoms with Gasteiger partial charge >= 0.3 is 5.97 Å². The van der Waals surface area contributed by atoms with Crippen LogP contribution in [0.2, 0.25) is 0 Å². The van der Waals surface area contributed by atoms with E-state index in [4.69, 9.17) is 16.6 Å². The van der Waals surface area contributed by atoms with Gasteiger partial charge in [-0.1, -0.05) is 0 Å². The SMILES string of the molecule is CNC(=O)[C@@H](N)CC(=O)O.NCCN1CCCC1. The maximum atomic E-state index is 10.5. The van der Waals surface area contributed by atoms with Crippen molar-refractivity contribution in [1.29, 1.82) is 0 Å². The molecule has 0 unspecified atom stereocenters. The molecule has 1 heterocycles. The first-order chi connectivity index (χ1) is 8.51. The van der Waals surface area contributed by atoms with Crippen LogP contribution < -0.4 is 16.8 Å². The van der Waals surface area contributed by atoms with Gasteiger partial charge in [-0.3, -0.25) is 9.59 Å². The molecule has 1 atom stereocenters. The van der Waals surface area contributed by atoms with Crippen molar-refractivity contribution < 1.29 is 14.7 Å². The lowest BCUT2D eigenvalue weighted by Crippen LogP contribution is -2.40. The average Bonchev–Trinajstić information content (AvgIpc) is 2.81. The summed E-state index contributed by atoms with van der Waals surface area (Å²) < 4.78 is 0. The summed E-state index contributed by atoms with van der Waals surface area (Å²) in [6, 6.07) is -0.942. The van der Waals surface area contributed by atoms with Crippen molar-refractivity contribution in [3.8, 4) is 0 Å².